The average Bonchev–Trinajstić information content (AvgIpc) is 2.03. The highest BCUT2D eigenvalue weighted by molar-refractivity contribution is 6.17. The molecule has 3 heteroatoms. The van der Waals surface area contributed by atoms with Gasteiger partial charge in [0.15, 0.2) is 0 Å². The number of rotatable bonds is 2. The van der Waals surface area contributed by atoms with E-state index in [4.69, 9.17) is 11.6 Å². The van der Waals surface area contributed by atoms with Crippen molar-refractivity contribution in [1.82, 2.24) is 4.48 Å². The number of nitrogens with zero attached hydrogens (tertiary/aromatic N) is 1. The van der Waals surface area contributed by atoms with E-state index < -0.39 is 0 Å². The second kappa shape index (κ2) is 5.17. The molecule has 1 nitrogen and oxygen atoms in total. The third-order valence-corrected chi connectivity index (χ3v) is 2.17. The quantitative estimate of drug-likeness (QED) is 0.397. The smallest absolute Gasteiger partial charge is 0.132 e. The van der Waals surface area contributed by atoms with Crippen molar-refractivity contribution in [2.45, 2.75) is 5.88 Å². The summed E-state index contributed by atoms with van der Waals surface area (Å²) in [5.74, 6) is 0.595. The molecular weight excluding hydrogens is 296 g/mol. The van der Waals surface area contributed by atoms with Gasteiger partial charge in [-0.1, -0.05) is 12.1 Å². The van der Waals surface area contributed by atoms with Crippen LogP contribution in [0.3, 0.4) is 0 Å². The second-order valence-electron chi connectivity index (χ2n) is 3.81. The molecule has 0 atom stereocenters. The number of halogens is 2. The Morgan fingerprint density at radius 1 is 1.08 bits per heavy atom. The molecule has 0 radical (unpaired) electrons. The third kappa shape index (κ3) is 3.83. The van der Waals surface area contributed by atoms with Gasteiger partial charge in [0, 0.05) is 5.88 Å². The lowest BCUT2D eigenvalue weighted by Gasteiger charge is -2.23. The summed E-state index contributed by atoms with van der Waals surface area (Å²) in [6, 6.07) is 8.40. The van der Waals surface area contributed by atoms with E-state index in [1.54, 1.807) is 0 Å². The summed E-state index contributed by atoms with van der Waals surface area (Å²) in [5, 5.41) is 0. The molecule has 0 aliphatic heterocycles. The van der Waals surface area contributed by atoms with Gasteiger partial charge in [-0.25, -0.2) is 0 Å². The van der Waals surface area contributed by atoms with E-state index in [2.05, 4.69) is 45.4 Å². The van der Waals surface area contributed by atoms with E-state index in [0.29, 0.717) is 5.88 Å². The van der Waals surface area contributed by atoms with Gasteiger partial charge in [0.2, 0.25) is 0 Å². The molecule has 1 aromatic carbocycles. The predicted octanol–water partition coefficient (Wildman–Crippen LogP) is -0.374. The Hall–Kier alpha value is 0.200. The highest BCUT2D eigenvalue weighted by atomic mass is 127. The molecule has 0 aliphatic rings. The van der Waals surface area contributed by atoms with Crippen LogP contribution in [0.4, 0.5) is 5.69 Å². The van der Waals surface area contributed by atoms with Gasteiger partial charge in [-0.15, -0.1) is 11.6 Å². The Balaban J connectivity index is 0.00000144. The van der Waals surface area contributed by atoms with Crippen LogP contribution in [0.2, 0.25) is 0 Å². The van der Waals surface area contributed by atoms with Crippen LogP contribution >= 0.6 is 11.6 Å². The van der Waals surface area contributed by atoms with Crippen molar-refractivity contribution < 1.29 is 24.0 Å². The lowest BCUT2D eigenvalue weighted by molar-refractivity contribution is -0.00000272. The van der Waals surface area contributed by atoms with Gasteiger partial charge < -0.3 is 24.0 Å². The van der Waals surface area contributed by atoms with Gasteiger partial charge in [-0.05, 0) is 17.7 Å². The molecule has 0 saturated heterocycles. The molecular formula is C10H15ClIN. The molecule has 0 saturated carbocycles. The molecule has 1 aromatic rings. The van der Waals surface area contributed by atoms with Crippen molar-refractivity contribution in [3.63, 3.8) is 0 Å². The molecule has 0 amide bonds. The maximum atomic E-state index is 5.69. The zero-order chi connectivity index (χ0) is 9.19. The van der Waals surface area contributed by atoms with Gasteiger partial charge in [0.1, 0.15) is 5.69 Å². The van der Waals surface area contributed by atoms with Gasteiger partial charge >= 0.3 is 0 Å². The highest BCUT2D eigenvalue weighted by Gasteiger charge is 2.10. The van der Waals surface area contributed by atoms with E-state index in [1.165, 1.54) is 11.3 Å². The van der Waals surface area contributed by atoms with E-state index in [0.717, 1.165) is 4.48 Å². The maximum absolute atomic E-state index is 5.69. The van der Waals surface area contributed by atoms with Crippen molar-refractivity contribution in [3.05, 3.63) is 29.8 Å². The first-order valence-corrected chi connectivity index (χ1v) is 4.54. The Morgan fingerprint density at radius 2 is 1.54 bits per heavy atom. The topological polar surface area (TPSA) is 0 Å². The first-order chi connectivity index (χ1) is 5.54. The maximum Gasteiger partial charge on any atom is 0.132 e. The molecule has 0 aromatic heterocycles. The normalized spacial score (nSPS) is 10.8. The monoisotopic (exact) mass is 311 g/mol. The zero-order valence-corrected chi connectivity index (χ0v) is 11.1. The van der Waals surface area contributed by atoms with Crippen LogP contribution in [-0.2, 0) is 5.88 Å². The first kappa shape index (κ1) is 13.2. The minimum atomic E-state index is 0. The zero-order valence-electron chi connectivity index (χ0n) is 8.22. The Morgan fingerprint density at radius 3 is 1.85 bits per heavy atom. The van der Waals surface area contributed by atoms with Crippen LogP contribution in [0.5, 0.6) is 0 Å². The highest BCUT2D eigenvalue weighted by Crippen LogP contribution is 2.17. The number of benzene rings is 1. The standard InChI is InChI=1S/C10H15ClN.HI/c1-12(2,3)10-6-4-9(8-11)5-7-10;/h4-7H,8H2,1-3H3;1H/q+1;/p-1. The van der Waals surface area contributed by atoms with Crippen LogP contribution in [0, 0.1) is 0 Å². The van der Waals surface area contributed by atoms with Crippen molar-refractivity contribution >= 4 is 17.3 Å². The van der Waals surface area contributed by atoms with Crippen molar-refractivity contribution in [2.24, 2.45) is 0 Å². The van der Waals surface area contributed by atoms with Gasteiger partial charge in [0.05, 0.1) is 21.1 Å². The Kier molecular flexibility index (Phi) is 5.25. The van der Waals surface area contributed by atoms with Crippen LogP contribution in [0.15, 0.2) is 24.3 Å². The summed E-state index contributed by atoms with van der Waals surface area (Å²) >= 11 is 5.69. The molecule has 0 aliphatic carbocycles. The van der Waals surface area contributed by atoms with Crippen LogP contribution in [0.25, 0.3) is 0 Å². The Labute approximate surface area is 102 Å². The summed E-state index contributed by atoms with van der Waals surface area (Å²) in [4.78, 5) is 0. The third-order valence-electron chi connectivity index (χ3n) is 1.87. The second-order valence-corrected chi connectivity index (χ2v) is 4.08. The molecule has 74 valence electrons. The molecule has 0 N–H and O–H groups in total. The average molecular weight is 312 g/mol. The van der Waals surface area contributed by atoms with Crippen LogP contribution in [0.1, 0.15) is 5.56 Å². The number of quaternary nitrogens is 1. The lowest BCUT2D eigenvalue weighted by Crippen LogP contribution is -3.00. The van der Waals surface area contributed by atoms with Crippen molar-refractivity contribution in [3.8, 4) is 0 Å². The van der Waals surface area contributed by atoms with Crippen molar-refractivity contribution in [1.29, 1.82) is 0 Å². The lowest BCUT2D eigenvalue weighted by atomic mass is 10.2. The molecule has 0 bridgehead atoms. The summed E-state index contributed by atoms with van der Waals surface area (Å²) in [6.45, 7) is 0. The molecule has 0 spiro atoms. The summed E-state index contributed by atoms with van der Waals surface area (Å²) in [6.07, 6.45) is 0. The summed E-state index contributed by atoms with van der Waals surface area (Å²) < 4.78 is 0.850. The fourth-order valence-corrected chi connectivity index (χ4v) is 1.21. The largest absolute Gasteiger partial charge is 1.00 e. The van der Waals surface area contributed by atoms with E-state index >= 15 is 0 Å². The number of hydrogen-bond donors (Lipinski definition) is 0. The first-order valence-electron chi connectivity index (χ1n) is 4.01. The fraction of sp³-hybridized carbons (Fsp3) is 0.400. The number of alkyl halides is 1. The van der Waals surface area contributed by atoms with E-state index in [-0.39, 0.29) is 24.0 Å². The molecule has 0 heterocycles. The summed E-state index contributed by atoms with van der Waals surface area (Å²) in [5.41, 5.74) is 2.47. The molecule has 1 rings (SSSR count). The molecule has 0 unspecified atom stereocenters. The predicted molar refractivity (Wildman–Crippen MR) is 55.6 cm³/mol. The fourth-order valence-electron chi connectivity index (χ4n) is 1.03. The molecule has 13 heavy (non-hydrogen) atoms. The minimum absolute atomic E-state index is 0. The summed E-state index contributed by atoms with van der Waals surface area (Å²) in [7, 11) is 6.45. The van der Waals surface area contributed by atoms with Gasteiger partial charge in [0.25, 0.3) is 0 Å². The SMILES string of the molecule is C[N+](C)(C)c1ccc(CCl)cc1.[I-]. The van der Waals surface area contributed by atoms with Crippen LogP contribution in [-0.4, -0.2) is 21.1 Å². The Bertz CT molecular complexity index is 251. The minimum Gasteiger partial charge on any atom is -1.00 e. The van der Waals surface area contributed by atoms with Gasteiger partial charge in [-0.3, -0.25) is 4.48 Å². The van der Waals surface area contributed by atoms with Crippen LogP contribution < -0.4 is 28.5 Å². The number of hydrogen-bond acceptors (Lipinski definition) is 0. The molecule has 0 fully saturated rings. The van der Waals surface area contributed by atoms with E-state index in [1.807, 2.05) is 0 Å². The van der Waals surface area contributed by atoms with Crippen molar-refractivity contribution in [2.75, 3.05) is 21.1 Å². The van der Waals surface area contributed by atoms with Gasteiger partial charge in [-0.2, -0.15) is 0 Å². The van der Waals surface area contributed by atoms with E-state index in [9.17, 15) is 0 Å².